The van der Waals surface area contributed by atoms with Gasteiger partial charge in [0, 0.05) is 19.8 Å². The number of rotatable bonds is 9. The molecule has 0 radical (unpaired) electrons. The lowest BCUT2D eigenvalue weighted by atomic mass is 10.3. The van der Waals surface area contributed by atoms with Crippen LogP contribution in [0.3, 0.4) is 0 Å². The summed E-state index contributed by atoms with van der Waals surface area (Å²) < 4.78 is 36.8. The predicted octanol–water partition coefficient (Wildman–Crippen LogP) is 0.761. The van der Waals surface area contributed by atoms with Crippen molar-refractivity contribution in [1.29, 1.82) is 0 Å². The lowest BCUT2D eigenvalue weighted by Gasteiger charge is -2.13. The molecular formula is C13H21NO5S. The minimum Gasteiger partial charge on any atom is -0.491 e. The average molecular weight is 303 g/mol. The number of ether oxygens (including phenoxy) is 2. The van der Waals surface area contributed by atoms with E-state index in [1.54, 1.807) is 26.2 Å². The fourth-order valence-corrected chi connectivity index (χ4v) is 2.82. The molecule has 0 bridgehead atoms. The van der Waals surface area contributed by atoms with Crippen molar-refractivity contribution in [3.63, 3.8) is 0 Å². The lowest BCUT2D eigenvalue weighted by molar-refractivity contribution is 0.146. The SMILES string of the molecule is COCCOc1ccc(S(=O)(=O)NC(C)CCO)cc1. The molecule has 1 aromatic carbocycles. The molecule has 1 atom stereocenters. The van der Waals surface area contributed by atoms with Gasteiger partial charge in [-0.25, -0.2) is 13.1 Å². The largest absolute Gasteiger partial charge is 0.491 e. The summed E-state index contributed by atoms with van der Waals surface area (Å²) in [5.74, 6) is 0.587. The standard InChI is InChI=1S/C13H21NO5S/c1-11(7-8-15)14-20(16,17)13-5-3-12(4-6-13)19-10-9-18-2/h3-6,11,14-15H,7-10H2,1-2H3. The van der Waals surface area contributed by atoms with Gasteiger partial charge >= 0.3 is 0 Å². The third kappa shape index (κ3) is 5.46. The van der Waals surface area contributed by atoms with E-state index in [0.717, 1.165) is 0 Å². The van der Waals surface area contributed by atoms with Crippen molar-refractivity contribution < 1.29 is 23.0 Å². The van der Waals surface area contributed by atoms with Gasteiger partial charge in [0.1, 0.15) is 12.4 Å². The van der Waals surface area contributed by atoms with Gasteiger partial charge in [0.15, 0.2) is 0 Å². The zero-order valence-electron chi connectivity index (χ0n) is 11.7. The number of nitrogens with one attached hydrogen (secondary N) is 1. The van der Waals surface area contributed by atoms with Crippen LogP contribution in [-0.4, -0.2) is 46.5 Å². The van der Waals surface area contributed by atoms with Crippen LogP contribution in [0.15, 0.2) is 29.2 Å². The maximum atomic E-state index is 12.0. The topological polar surface area (TPSA) is 84.9 Å². The summed E-state index contributed by atoms with van der Waals surface area (Å²) >= 11 is 0. The van der Waals surface area contributed by atoms with Gasteiger partial charge in [-0.15, -0.1) is 0 Å². The van der Waals surface area contributed by atoms with Crippen LogP contribution in [0.1, 0.15) is 13.3 Å². The smallest absolute Gasteiger partial charge is 0.240 e. The number of benzene rings is 1. The van der Waals surface area contributed by atoms with Crippen LogP contribution in [0.2, 0.25) is 0 Å². The first kappa shape index (κ1) is 16.9. The number of aliphatic hydroxyl groups excluding tert-OH is 1. The minimum atomic E-state index is -3.56. The van der Waals surface area contributed by atoms with E-state index in [2.05, 4.69) is 4.72 Å². The Hall–Kier alpha value is -1.15. The molecule has 1 unspecified atom stereocenters. The molecule has 0 aliphatic heterocycles. The Kier molecular flexibility index (Phi) is 6.94. The van der Waals surface area contributed by atoms with E-state index >= 15 is 0 Å². The third-order valence-electron chi connectivity index (χ3n) is 2.61. The van der Waals surface area contributed by atoms with E-state index in [1.807, 2.05) is 0 Å². The molecule has 0 fully saturated rings. The molecule has 20 heavy (non-hydrogen) atoms. The van der Waals surface area contributed by atoms with Crippen LogP contribution >= 0.6 is 0 Å². The Morgan fingerprint density at radius 1 is 1.25 bits per heavy atom. The van der Waals surface area contributed by atoms with Gasteiger partial charge in [0.25, 0.3) is 0 Å². The Morgan fingerprint density at radius 3 is 2.45 bits per heavy atom. The maximum absolute atomic E-state index is 12.0. The van der Waals surface area contributed by atoms with Crippen molar-refractivity contribution in [2.75, 3.05) is 26.9 Å². The van der Waals surface area contributed by atoms with Crippen molar-refractivity contribution in [1.82, 2.24) is 4.72 Å². The summed E-state index contributed by atoms with van der Waals surface area (Å²) in [6.45, 7) is 2.53. The Labute approximate surface area is 119 Å². The van der Waals surface area contributed by atoms with Crippen molar-refractivity contribution in [2.24, 2.45) is 0 Å². The highest BCUT2D eigenvalue weighted by Crippen LogP contribution is 2.16. The molecule has 1 aromatic rings. The van der Waals surface area contributed by atoms with Gasteiger partial charge in [0.05, 0.1) is 11.5 Å². The van der Waals surface area contributed by atoms with Crippen LogP contribution in [0.4, 0.5) is 0 Å². The summed E-state index contributed by atoms with van der Waals surface area (Å²) in [6, 6.07) is 5.84. The Morgan fingerprint density at radius 2 is 1.90 bits per heavy atom. The summed E-state index contributed by atoms with van der Waals surface area (Å²) in [6.07, 6.45) is 0.372. The molecule has 7 heteroatoms. The van der Waals surface area contributed by atoms with Crippen LogP contribution in [-0.2, 0) is 14.8 Å². The van der Waals surface area contributed by atoms with E-state index in [9.17, 15) is 8.42 Å². The number of sulfonamides is 1. The number of aliphatic hydroxyl groups is 1. The first-order valence-corrected chi connectivity index (χ1v) is 7.83. The molecule has 0 aromatic heterocycles. The predicted molar refractivity (Wildman–Crippen MR) is 75.3 cm³/mol. The van der Waals surface area contributed by atoms with Gasteiger partial charge in [-0.3, -0.25) is 0 Å². The number of hydrogen-bond donors (Lipinski definition) is 2. The van der Waals surface area contributed by atoms with Crippen LogP contribution in [0.25, 0.3) is 0 Å². The van der Waals surface area contributed by atoms with Crippen LogP contribution < -0.4 is 9.46 Å². The van der Waals surface area contributed by atoms with E-state index in [4.69, 9.17) is 14.6 Å². The minimum absolute atomic E-state index is 0.0596. The summed E-state index contributed by atoms with van der Waals surface area (Å²) in [4.78, 5) is 0.168. The molecule has 0 heterocycles. The van der Waals surface area contributed by atoms with Crippen molar-refractivity contribution in [3.05, 3.63) is 24.3 Å². The van der Waals surface area contributed by atoms with Crippen molar-refractivity contribution in [3.8, 4) is 5.75 Å². The average Bonchev–Trinajstić information content (AvgIpc) is 2.39. The van der Waals surface area contributed by atoms with Gasteiger partial charge < -0.3 is 14.6 Å². The molecule has 6 nitrogen and oxygen atoms in total. The second-order valence-corrected chi connectivity index (χ2v) is 6.06. The summed E-state index contributed by atoms with van der Waals surface area (Å²) in [5, 5.41) is 8.78. The second-order valence-electron chi connectivity index (χ2n) is 4.35. The third-order valence-corrected chi connectivity index (χ3v) is 4.21. The molecule has 0 amide bonds. The molecule has 0 aliphatic rings. The molecule has 0 saturated carbocycles. The molecule has 0 spiro atoms. The normalized spacial score (nSPS) is 13.2. The van der Waals surface area contributed by atoms with Gasteiger partial charge in [0.2, 0.25) is 10.0 Å². The van der Waals surface area contributed by atoms with Crippen LogP contribution in [0.5, 0.6) is 5.75 Å². The Bertz CT molecular complexity index is 486. The van der Waals surface area contributed by atoms with E-state index in [1.165, 1.54) is 12.1 Å². The zero-order chi connectivity index (χ0) is 15.0. The molecular weight excluding hydrogens is 282 g/mol. The van der Waals surface area contributed by atoms with E-state index in [-0.39, 0.29) is 17.5 Å². The van der Waals surface area contributed by atoms with Gasteiger partial charge in [-0.1, -0.05) is 0 Å². The summed E-state index contributed by atoms with van der Waals surface area (Å²) in [7, 11) is -1.98. The van der Waals surface area contributed by atoms with E-state index < -0.39 is 10.0 Å². The fourth-order valence-electron chi connectivity index (χ4n) is 1.54. The van der Waals surface area contributed by atoms with Gasteiger partial charge in [-0.2, -0.15) is 0 Å². The highest BCUT2D eigenvalue weighted by molar-refractivity contribution is 7.89. The van der Waals surface area contributed by atoms with Crippen molar-refractivity contribution >= 4 is 10.0 Å². The molecule has 0 saturated heterocycles. The number of methoxy groups -OCH3 is 1. The summed E-state index contributed by atoms with van der Waals surface area (Å²) in [5.41, 5.74) is 0. The second kappa shape index (κ2) is 8.21. The zero-order valence-corrected chi connectivity index (χ0v) is 12.5. The molecule has 2 N–H and O–H groups in total. The highest BCUT2D eigenvalue weighted by Gasteiger charge is 2.16. The van der Waals surface area contributed by atoms with Gasteiger partial charge in [-0.05, 0) is 37.6 Å². The Balaban J connectivity index is 2.66. The first-order chi connectivity index (χ1) is 9.49. The van der Waals surface area contributed by atoms with E-state index in [0.29, 0.717) is 25.4 Å². The first-order valence-electron chi connectivity index (χ1n) is 6.34. The molecule has 114 valence electrons. The molecule has 0 aliphatic carbocycles. The number of hydrogen-bond acceptors (Lipinski definition) is 5. The van der Waals surface area contributed by atoms with Crippen molar-refractivity contribution in [2.45, 2.75) is 24.3 Å². The fraction of sp³-hybridized carbons (Fsp3) is 0.538. The molecule has 1 rings (SSSR count). The van der Waals surface area contributed by atoms with Crippen LogP contribution in [0, 0.1) is 0 Å². The quantitative estimate of drug-likeness (QED) is 0.658. The maximum Gasteiger partial charge on any atom is 0.240 e. The monoisotopic (exact) mass is 303 g/mol. The highest BCUT2D eigenvalue weighted by atomic mass is 32.2. The lowest BCUT2D eigenvalue weighted by Crippen LogP contribution is -2.33.